The molecule has 1 aliphatic carbocycles. The first-order valence-corrected chi connectivity index (χ1v) is 21.0. The summed E-state index contributed by atoms with van der Waals surface area (Å²) in [5.74, 6) is 0.245. The summed E-state index contributed by atoms with van der Waals surface area (Å²) in [6, 6.07) is 59.8. The lowest BCUT2D eigenvalue weighted by Gasteiger charge is -2.45. The second kappa shape index (κ2) is 13.2. The maximum absolute atomic E-state index is 2.60. The van der Waals surface area contributed by atoms with Gasteiger partial charge in [0.2, 0.25) is 6.71 Å². The molecule has 1 atom stereocenters. The third-order valence-corrected chi connectivity index (χ3v) is 12.9. The predicted molar refractivity (Wildman–Crippen MR) is 250 cm³/mol. The van der Waals surface area contributed by atoms with Crippen molar-refractivity contribution in [3.8, 4) is 22.3 Å². The second-order valence-electron chi connectivity index (χ2n) is 18.7. The highest BCUT2D eigenvalue weighted by atomic mass is 15.2. The fraction of sp³-hybridized carbons (Fsp3) is 0.200. The lowest BCUT2D eigenvalue weighted by molar-refractivity contribution is 0.590. The molecule has 0 saturated heterocycles. The van der Waals surface area contributed by atoms with Gasteiger partial charge >= 0.3 is 0 Å². The Morgan fingerprint density at radius 2 is 1.03 bits per heavy atom. The SMILES string of the molecule is Cc1cc2c3c(c1)N(c1ccccc1)c1cc(-c4ccc(C(C)(C)C)cc4)ccc1B3C1=C(c3ccccc3C1C)N2c1cccc(-c2ccc(C(C)(C)C)cc2)c1. The Morgan fingerprint density at radius 1 is 0.483 bits per heavy atom. The molecule has 0 bridgehead atoms. The summed E-state index contributed by atoms with van der Waals surface area (Å²) in [5.41, 5.74) is 23.5. The van der Waals surface area contributed by atoms with Gasteiger partial charge in [-0.1, -0.05) is 169 Å². The van der Waals surface area contributed by atoms with E-state index in [0.717, 1.165) is 0 Å². The van der Waals surface area contributed by atoms with E-state index >= 15 is 0 Å². The van der Waals surface area contributed by atoms with Crippen molar-refractivity contribution < 1.29 is 0 Å². The molecule has 3 heteroatoms. The maximum Gasteiger partial charge on any atom is 0.248 e. The molecule has 2 aliphatic heterocycles. The van der Waals surface area contributed by atoms with E-state index in [0.29, 0.717) is 0 Å². The van der Waals surface area contributed by atoms with Gasteiger partial charge in [-0.05, 0) is 122 Å². The number of allylic oxidation sites excluding steroid dienone is 1. The van der Waals surface area contributed by atoms with Gasteiger partial charge in [0.1, 0.15) is 0 Å². The molecule has 0 spiro atoms. The molecule has 10 rings (SSSR count). The maximum atomic E-state index is 2.60. The number of para-hydroxylation sites is 1. The standard InChI is InChI=1S/C55H51BN2/c1-35-31-49-52-50(32-35)58(44-18-14-15-39(33-44)37-21-26-41(27-22-37)54(3,4)5)53-46-20-13-12-19-45(46)36(2)51(53)56(52)47-30-25-40(38-23-28-42(29-24-38)55(6,7)8)34-48(47)57(49)43-16-10-9-11-17-43/h9-34,36H,1-8H3. The Labute approximate surface area is 345 Å². The van der Waals surface area contributed by atoms with Crippen LogP contribution in [0, 0.1) is 6.92 Å². The van der Waals surface area contributed by atoms with Crippen LogP contribution in [-0.4, -0.2) is 6.71 Å². The van der Waals surface area contributed by atoms with E-state index in [-0.39, 0.29) is 23.5 Å². The number of fused-ring (bicyclic) bond motifs is 5. The summed E-state index contributed by atoms with van der Waals surface area (Å²) in [6.45, 7) is 18.5. The molecule has 2 nitrogen and oxygen atoms in total. The van der Waals surface area contributed by atoms with Crippen molar-refractivity contribution in [2.24, 2.45) is 0 Å². The van der Waals surface area contributed by atoms with Crippen molar-refractivity contribution in [1.82, 2.24) is 0 Å². The van der Waals surface area contributed by atoms with Gasteiger partial charge in [0.25, 0.3) is 0 Å². The molecule has 0 saturated carbocycles. The topological polar surface area (TPSA) is 6.48 Å². The Bertz CT molecular complexity index is 2760. The number of nitrogens with zero attached hydrogens (tertiary/aromatic N) is 2. The average molecular weight is 751 g/mol. The van der Waals surface area contributed by atoms with Crippen molar-refractivity contribution in [1.29, 1.82) is 0 Å². The zero-order valence-corrected chi connectivity index (χ0v) is 35.1. The van der Waals surface area contributed by atoms with Crippen molar-refractivity contribution in [2.45, 2.75) is 72.1 Å². The van der Waals surface area contributed by atoms with Crippen LogP contribution in [0.3, 0.4) is 0 Å². The lowest BCUT2D eigenvalue weighted by Crippen LogP contribution is -2.56. The van der Waals surface area contributed by atoms with Crippen LogP contribution < -0.4 is 20.7 Å². The van der Waals surface area contributed by atoms with E-state index < -0.39 is 0 Å². The minimum absolute atomic E-state index is 0.0969. The molecule has 1 unspecified atom stereocenters. The molecule has 0 fully saturated rings. The average Bonchev–Trinajstić information content (AvgIpc) is 3.51. The van der Waals surface area contributed by atoms with Crippen molar-refractivity contribution >= 4 is 51.8 Å². The highest BCUT2D eigenvalue weighted by molar-refractivity contribution is 6.96. The van der Waals surface area contributed by atoms with Crippen LogP contribution in [0.4, 0.5) is 28.4 Å². The summed E-state index contributed by atoms with van der Waals surface area (Å²) in [7, 11) is 0. The Hall–Kier alpha value is -6.06. The first kappa shape index (κ1) is 36.3. The minimum atomic E-state index is 0.0969. The zero-order chi connectivity index (χ0) is 40.1. The quantitative estimate of drug-likeness (QED) is 0.165. The van der Waals surface area contributed by atoms with E-state index in [4.69, 9.17) is 0 Å². The van der Waals surface area contributed by atoms with Crippen LogP contribution in [0.25, 0.3) is 28.0 Å². The number of rotatable bonds is 4. The fourth-order valence-electron chi connectivity index (χ4n) is 9.84. The second-order valence-corrected chi connectivity index (χ2v) is 18.7. The molecule has 7 aromatic rings. The van der Waals surface area contributed by atoms with Gasteiger partial charge in [-0.25, -0.2) is 0 Å². The molecule has 284 valence electrons. The lowest BCUT2D eigenvalue weighted by atomic mass is 9.31. The van der Waals surface area contributed by atoms with E-state index in [1.54, 1.807) is 0 Å². The van der Waals surface area contributed by atoms with Crippen LogP contribution in [0.15, 0.2) is 163 Å². The number of aryl methyl sites for hydroxylation is 1. The number of hydrogen-bond acceptors (Lipinski definition) is 2. The molecule has 3 aliphatic rings. The minimum Gasteiger partial charge on any atom is -0.311 e. The summed E-state index contributed by atoms with van der Waals surface area (Å²) in [4.78, 5) is 5.14. The van der Waals surface area contributed by atoms with Gasteiger partial charge in [0.05, 0.1) is 0 Å². The van der Waals surface area contributed by atoms with Crippen LogP contribution in [-0.2, 0) is 10.8 Å². The predicted octanol–water partition coefficient (Wildman–Crippen LogP) is 13.5. The monoisotopic (exact) mass is 750 g/mol. The first-order chi connectivity index (χ1) is 27.9. The largest absolute Gasteiger partial charge is 0.311 e. The van der Waals surface area contributed by atoms with Gasteiger partial charge in [-0.3, -0.25) is 0 Å². The fourth-order valence-corrected chi connectivity index (χ4v) is 9.84. The number of anilines is 5. The van der Waals surface area contributed by atoms with Crippen LogP contribution in [0.2, 0.25) is 0 Å². The third-order valence-electron chi connectivity index (χ3n) is 12.9. The Morgan fingerprint density at radius 3 is 1.67 bits per heavy atom. The molecule has 0 aromatic heterocycles. The van der Waals surface area contributed by atoms with Crippen LogP contribution >= 0.6 is 0 Å². The molecule has 0 radical (unpaired) electrons. The number of benzene rings is 7. The molecule has 0 amide bonds. The van der Waals surface area contributed by atoms with E-state index in [2.05, 4.69) is 223 Å². The van der Waals surface area contributed by atoms with E-state index in [1.165, 1.54) is 101 Å². The zero-order valence-electron chi connectivity index (χ0n) is 35.1. The highest BCUT2D eigenvalue weighted by Gasteiger charge is 2.49. The summed E-state index contributed by atoms with van der Waals surface area (Å²) in [5, 5.41) is 0. The Balaban J connectivity index is 1.21. The molecule has 2 heterocycles. The van der Waals surface area contributed by atoms with E-state index in [9.17, 15) is 0 Å². The van der Waals surface area contributed by atoms with Crippen molar-refractivity contribution in [3.63, 3.8) is 0 Å². The molecule has 0 N–H and O–H groups in total. The van der Waals surface area contributed by atoms with Gasteiger partial charge in [0, 0.05) is 39.7 Å². The van der Waals surface area contributed by atoms with Crippen LogP contribution in [0.5, 0.6) is 0 Å². The third kappa shape index (κ3) is 5.77. The molecular weight excluding hydrogens is 699 g/mol. The summed E-state index contributed by atoms with van der Waals surface area (Å²) >= 11 is 0. The number of hydrogen-bond donors (Lipinski definition) is 0. The smallest absolute Gasteiger partial charge is 0.248 e. The van der Waals surface area contributed by atoms with Gasteiger partial charge in [-0.2, -0.15) is 0 Å². The van der Waals surface area contributed by atoms with Crippen LogP contribution in [0.1, 0.15) is 82.2 Å². The normalized spacial score (nSPS) is 15.6. The Kier molecular flexibility index (Phi) is 8.29. The molecular formula is C55H51BN2. The van der Waals surface area contributed by atoms with Crippen molar-refractivity contribution in [2.75, 3.05) is 9.80 Å². The van der Waals surface area contributed by atoms with Crippen molar-refractivity contribution in [3.05, 3.63) is 191 Å². The summed E-state index contributed by atoms with van der Waals surface area (Å²) in [6.07, 6.45) is 0. The van der Waals surface area contributed by atoms with E-state index in [1.807, 2.05) is 0 Å². The van der Waals surface area contributed by atoms with Gasteiger partial charge < -0.3 is 9.80 Å². The highest BCUT2D eigenvalue weighted by Crippen LogP contribution is 2.54. The van der Waals surface area contributed by atoms with Gasteiger partial charge in [0.15, 0.2) is 0 Å². The van der Waals surface area contributed by atoms with Gasteiger partial charge in [-0.15, -0.1) is 0 Å². The molecule has 7 aromatic carbocycles. The summed E-state index contributed by atoms with van der Waals surface area (Å²) < 4.78 is 0. The molecule has 58 heavy (non-hydrogen) atoms. The first-order valence-electron chi connectivity index (χ1n) is 21.0.